The Bertz CT molecular complexity index is 233. The first kappa shape index (κ1) is 8.47. The van der Waals surface area contributed by atoms with Crippen LogP contribution in [0.3, 0.4) is 0 Å². The number of nitrogen functional groups attached to an aromatic ring is 1. The zero-order valence-corrected chi connectivity index (χ0v) is 8.11. The van der Waals surface area contributed by atoms with Gasteiger partial charge in [-0.15, -0.1) is 0 Å². The van der Waals surface area contributed by atoms with Crippen LogP contribution in [0.1, 0.15) is 0 Å². The molecular formula is C9H15NS. The van der Waals surface area contributed by atoms with Gasteiger partial charge in [0.1, 0.15) is 0 Å². The SMILES string of the molecule is CS(C)(C)c1ccc(N)cc1. The van der Waals surface area contributed by atoms with E-state index in [4.69, 9.17) is 5.73 Å². The van der Waals surface area contributed by atoms with Gasteiger partial charge in [-0.25, -0.2) is 10.0 Å². The van der Waals surface area contributed by atoms with Crippen molar-refractivity contribution in [3.05, 3.63) is 24.3 Å². The molecule has 0 atom stereocenters. The van der Waals surface area contributed by atoms with E-state index in [2.05, 4.69) is 30.9 Å². The highest BCUT2D eigenvalue weighted by Crippen LogP contribution is 2.44. The first-order valence-corrected chi connectivity index (χ1v) is 6.40. The van der Waals surface area contributed by atoms with Crippen molar-refractivity contribution in [1.29, 1.82) is 0 Å². The molecule has 2 N–H and O–H groups in total. The lowest BCUT2D eigenvalue weighted by Crippen LogP contribution is -1.93. The van der Waals surface area contributed by atoms with Crippen molar-refractivity contribution in [2.45, 2.75) is 4.90 Å². The third-order valence-corrected chi connectivity index (χ3v) is 3.27. The van der Waals surface area contributed by atoms with Crippen molar-refractivity contribution >= 4 is 15.7 Å². The molecule has 0 saturated carbocycles. The summed E-state index contributed by atoms with van der Waals surface area (Å²) < 4.78 is 0. The van der Waals surface area contributed by atoms with Gasteiger partial charge in [-0.2, -0.15) is 0 Å². The summed E-state index contributed by atoms with van der Waals surface area (Å²) in [6, 6.07) is 8.16. The van der Waals surface area contributed by atoms with Gasteiger partial charge in [0.25, 0.3) is 0 Å². The van der Waals surface area contributed by atoms with Crippen molar-refractivity contribution in [3.63, 3.8) is 0 Å². The van der Waals surface area contributed by atoms with Crippen LogP contribution in [0, 0.1) is 0 Å². The number of benzene rings is 1. The summed E-state index contributed by atoms with van der Waals surface area (Å²) in [6.07, 6.45) is 6.83. The summed E-state index contributed by atoms with van der Waals surface area (Å²) in [5.41, 5.74) is 6.42. The molecule has 0 aliphatic heterocycles. The van der Waals surface area contributed by atoms with Crippen LogP contribution in [0.25, 0.3) is 0 Å². The highest BCUT2D eigenvalue weighted by Gasteiger charge is 2.05. The predicted molar refractivity (Wildman–Crippen MR) is 54.5 cm³/mol. The van der Waals surface area contributed by atoms with Gasteiger partial charge in [-0.1, -0.05) is 0 Å². The fraction of sp³-hybridized carbons (Fsp3) is 0.333. The van der Waals surface area contributed by atoms with Crippen LogP contribution in [0.5, 0.6) is 0 Å². The third-order valence-electron chi connectivity index (χ3n) is 1.59. The zero-order valence-electron chi connectivity index (χ0n) is 7.29. The summed E-state index contributed by atoms with van der Waals surface area (Å²) in [6.45, 7) is 0. The van der Waals surface area contributed by atoms with Crippen molar-refractivity contribution in [2.75, 3.05) is 24.5 Å². The van der Waals surface area contributed by atoms with Gasteiger partial charge in [0.15, 0.2) is 0 Å². The van der Waals surface area contributed by atoms with Gasteiger partial charge in [-0.3, -0.25) is 0 Å². The Kier molecular flexibility index (Phi) is 2.14. The standard InChI is InChI=1S/C9H15NS/c1-11(2,3)9-6-4-8(10)5-7-9/h4-7H,10H2,1-3H3. The molecule has 1 rings (SSSR count). The minimum atomic E-state index is -0.575. The molecule has 0 aliphatic carbocycles. The van der Waals surface area contributed by atoms with Gasteiger partial charge in [-0.05, 0) is 47.9 Å². The molecule has 0 unspecified atom stereocenters. The molecule has 0 spiro atoms. The maximum absolute atomic E-state index is 5.58. The van der Waals surface area contributed by atoms with E-state index in [0.29, 0.717) is 0 Å². The molecule has 0 fully saturated rings. The van der Waals surface area contributed by atoms with E-state index >= 15 is 0 Å². The van der Waals surface area contributed by atoms with E-state index in [1.54, 1.807) is 0 Å². The van der Waals surface area contributed by atoms with E-state index in [0.717, 1.165) is 5.69 Å². The molecule has 0 saturated heterocycles. The lowest BCUT2D eigenvalue weighted by Gasteiger charge is -2.25. The molecule has 2 heteroatoms. The van der Waals surface area contributed by atoms with Crippen molar-refractivity contribution < 1.29 is 0 Å². The Balaban J connectivity index is 2.99. The third kappa shape index (κ3) is 2.15. The Labute approximate surface area is 69.9 Å². The summed E-state index contributed by atoms with van der Waals surface area (Å²) in [5, 5.41) is 0. The molecular weight excluding hydrogens is 154 g/mol. The van der Waals surface area contributed by atoms with Gasteiger partial charge >= 0.3 is 0 Å². The minimum Gasteiger partial charge on any atom is -0.399 e. The van der Waals surface area contributed by atoms with E-state index in [1.807, 2.05) is 12.1 Å². The fourth-order valence-electron chi connectivity index (χ4n) is 0.876. The van der Waals surface area contributed by atoms with Crippen LogP contribution in [0.15, 0.2) is 29.2 Å². The second-order valence-corrected chi connectivity index (χ2v) is 7.55. The van der Waals surface area contributed by atoms with Gasteiger partial charge in [0.05, 0.1) is 0 Å². The monoisotopic (exact) mass is 169 g/mol. The Morgan fingerprint density at radius 2 is 1.45 bits per heavy atom. The largest absolute Gasteiger partial charge is 0.399 e. The second-order valence-electron chi connectivity index (χ2n) is 3.41. The average molecular weight is 169 g/mol. The molecule has 1 aromatic rings. The lowest BCUT2D eigenvalue weighted by molar-refractivity contribution is 1.44. The Morgan fingerprint density at radius 1 is 1.00 bits per heavy atom. The van der Waals surface area contributed by atoms with E-state index in [9.17, 15) is 0 Å². The molecule has 0 amide bonds. The molecule has 0 radical (unpaired) electrons. The molecule has 0 heterocycles. The molecule has 1 aromatic carbocycles. The minimum absolute atomic E-state index is 0.575. The van der Waals surface area contributed by atoms with Crippen LogP contribution in [-0.2, 0) is 0 Å². The number of nitrogens with two attached hydrogens (primary N) is 1. The van der Waals surface area contributed by atoms with Crippen LogP contribution in [-0.4, -0.2) is 18.8 Å². The molecule has 0 bridgehead atoms. The molecule has 1 nitrogen and oxygen atoms in total. The summed E-state index contributed by atoms with van der Waals surface area (Å²) in [4.78, 5) is 1.41. The highest BCUT2D eigenvalue weighted by molar-refractivity contribution is 8.32. The summed E-state index contributed by atoms with van der Waals surface area (Å²) in [5.74, 6) is 0. The van der Waals surface area contributed by atoms with Crippen LogP contribution in [0.4, 0.5) is 5.69 Å². The Morgan fingerprint density at radius 3 is 1.82 bits per heavy atom. The first-order valence-electron chi connectivity index (χ1n) is 3.54. The van der Waals surface area contributed by atoms with Crippen molar-refractivity contribution in [2.24, 2.45) is 0 Å². The first-order chi connectivity index (χ1) is 5.00. The average Bonchev–Trinajstić information content (AvgIpc) is 1.86. The van der Waals surface area contributed by atoms with Crippen LogP contribution in [0.2, 0.25) is 0 Å². The van der Waals surface area contributed by atoms with Crippen LogP contribution >= 0.6 is 10.0 Å². The van der Waals surface area contributed by atoms with Gasteiger partial charge < -0.3 is 5.73 Å². The molecule has 0 aliphatic rings. The van der Waals surface area contributed by atoms with Crippen LogP contribution < -0.4 is 5.73 Å². The molecule has 62 valence electrons. The van der Waals surface area contributed by atoms with E-state index < -0.39 is 10.0 Å². The Hall–Kier alpha value is -0.630. The summed E-state index contributed by atoms with van der Waals surface area (Å²) in [7, 11) is -0.575. The summed E-state index contributed by atoms with van der Waals surface area (Å²) >= 11 is 0. The predicted octanol–water partition coefficient (Wildman–Crippen LogP) is 2.32. The lowest BCUT2D eigenvalue weighted by atomic mass is 10.3. The molecule has 11 heavy (non-hydrogen) atoms. The quantitative estimate of drug-likeness (QED) is 0.641. The highest BCUT2D eigenvalue weighted by atomic mass is 32.3. The second kappa shape index (κ2) is 2.78. The number of hydrogen-bond donors (Lipinski definition) is 1. The maximum atomic E-state index is 5.58. The topological polar surface area (TPSA) is 26.0 Å². The van der Waals surface area contributed by atoms with Crippen molar-refractivity contribution in [3.8, 4) is 0 Å². The molecule has 0 aromatic heterocycles. The zero-order chi connectivity index (χ0) is 8.48. The number of hydrogen-bond acceptors (Lipinski definition) is 1. The maximum Gasteiger partial charge on any atom is 0.0314 e. The number of rotatable bonds is 1. The number of anilines is 1. The van der Waals surface area contributed by atoms with E-state index in [-0.39, 0.29) is 0 Å². The normalized spacial score (nSPS) is 13.0. The van der Waals surface area contributed by atoms with Gasteiger partial charge in [0.2, 0.25) is 0 Å². The fourth-order valence-corrected chi connectivity index (χ4v) is 1.83. The van der Waals surface area contributed by atoms with E-state index in [1.165, 1.54) is 4.90 Å². The smallest absolute Gasteiger partial charge is 0.0314 e. The van der Waals surface area contributed by atoms with Gasteiger partial charge in [0, 0.05) is 5.69 Å². The van der Waals surface area contributed by atoms with Crippen molar-refractivity contribution in [1.82, 2.24) is 0 Å².